The molecule has 3 N–H and O–H groups in total. The molecular weight excluding hydrogens is 336 g/mol. The summed E-state index contributed by atoms with van der Waals surface area (Å²) in [4.78, 5) is 16.6. The predicted molar refractivity (Wildman–Crippen MR) is 109 cm³/mol. The van der Waals surface area contributed by atoms with E-state index in [1.807, 2.05) is 37.3 Å². The van der Waals surface area contributed by atoms with Crippen molar-refractivity contribution in [3.05, 3.63) is 78.0 Å². The SMILES string of the molecule is Cc1nc(NCCc2c[nH]c3ccccc23)cc(NCc2ccccn2)n1. The molecule has 0 fully saturated rings. The van der Waals surface area contributed by atoms with Crippen LogP contribution in [0.3, 0.4) is 0 Å². The van der Waals surface area contributed by atoms with E-state index in [2.05, 4.69) is 55.0 Å². The third-order valence-corrected chi connectivity index (χ3v) is 4.39. The first-order valence-electron chi connectivity index (χ1n) is 9.06. The lowest BCUT2D eigenvalue weighted by Crippen LogP contribution is -2.09. The van der Waals surface area contributed by atoms with E-state index in [9.17, 15) is 0 Å². The van der Waals surface area contributed by atoms with E-state index in [1.165, 1.54) is 16.5 Å². The van der Waals surface area contributed by atoms with E-state index in [0.717, 1.165) is 36.1 Å². The first-order chi connectivity index (χ1) is 13.3. The minimum atomic E-state index is 0.631. The molecule has 4 aromatic rings. The number of fused-ring (bicyclic) bond motifs is 1. The molecule has 136 valence electrons. The highest BCUT2D eigenvalue weighted by Crippen LogP contribution is 2.18. The van der Waals surface area contributed by atoms with Gasteiger partial charge in [-0.1, -0.05) is 24.3 Å². The first kappa shape index (κ1) is 17.0. The van der Waals surface area contributed by atoms with Crippen LogP contribution in [0.15, 0.2) is 60.9 Å². The number of para-hydroxylation sites is 1. The van der Waals surface area contributed by atoms with Gasteiger partial charge in [-0.15, -0.1) is 0 Å². The molecule has 6 nitrogen and oxygen atoms in total. The number of benzene rings is 1. The molecule has 0 aliphatic rings. The van der Waals surface area contributed by atoms with Crippen molar-refractivity contribution < 1.29 is 0 Å². The van der Waals surface area contributed by atoms with Gasteiger partial charge in [0.05, 0.1) is 12.2 Å². The maximum atomic E-state index is 4.48. The van der Waals surface area contributed by atoms with Gasteiger partial charge in [-0.2, -0.15) is 0 Å². The number of nitrogens with one attached hydrogen (secondary N) is 3. The van der Waals surface area contributed by atoms with Crippen molar-refractivity contribution in [1.29, 1.82) is 0 Å². The summed E-state index contributed by atoms with van der Waals surface area (Å²) in [6.07, 6.45) is 4.79. The van der Waals surface area contributed by atoms with Gasteiger partial charge in [0, 0.05) is 35.9 Å². The zero-order valence-electron chi connectivity index (χ0n) is 15.2. The molecule has 3 heterocycles. The van der Waals surface area contributed by atoms with Crippen LogP contribution < -0.4 is 10.6 Å². The molecule has 0 aliphatic heterocycles. The van der Waals surface area contributed by atoms with Gasteiger partial charge in [0.2, 0.25) is 0 Å². The topological polar surface area (TPSA) is 78.5 Å². The zero-order chi connectivity index (χ0) is 18.5. The molecule has 6 heteroatoms. The Kier molecular flexibility index (Phi) is 4.96. The summed E-state index contributed by atoms with van der Waals surface area (Å²) in [6, 6.07) is 16.2. The van der Waals surface area contributed by atoms with Crippen molar-refractivity contribution in [3.63, 3.8) is 0 Å². The lowest BCUT2D eigenvalue weighted by Gasteiger charge is -2.10. The molecular formula is C21H22N6. The summed E-state index contributed by atoms with van der Waals surface area (Å²) in [5, 5.41) is 7.99. The van der Waals surface area contributed by atoms with Gasteiger partial charge < -0.3 is 15.6 Å². The Bertz CT molecular complexity index is 1030. The van der Waals surface area contributed by atoms with Crippen molar-refractivity contribution in [1.82, 2.24) is 19.9 Å². The lowest BCUT2D eigenvalue weighted by atomic mass is 10.1. The molecule has 0 unspecified atom stereocenters. The summed E-state index contributed by atoms with van der Waals surface area (Å²) in [6.45, 7) is 3.33. The molecule has 0 radical (unpaired) electrons. The molecule has 0 saturated carbocycles. The Labute approximate surface area is 158 Å². The number of hydrogen-bond acceptors (Lipinski definition) is 5. The molecule has 0 spiro atoms. The van der Waals surface area contributed by atoms with Gasteiger partial charge in [-0.25, -0.2) is 9.97 Å². The van der Waals surface area contributed by atoms with Crippen LogP contribution in [0.2, 0.25) is 0 Å². The Morgan fingerprint density at radius 3 is 2.63 bits per heavy atom. The van der Waals surface area contributed by atoms with Crippen LogP contribution in [-0.2, 0) is 13.0 Å². The van der Waals surface area contributed by atoms with Gasteiger partial charge >= 0.3 is 0 Å². The molecule has 1 aromatic carbocycles. The molecule has 0 amide bonds. The third-order valence-electron chi connectivity index (χ3n) is 4.39. The van der Waals surface area contributed by atoms with E-state index in [1.54, 1.807) is 6.20 Å². The van der Waals surface area contributed by atoms with E-state index >= 15 is 0 Å². The van der Waals surface area contributed by atoms with Crippen molar-refractivity contribution in [3.8, 4) is 0 Å². The largest absolute Gasteiger partial charge is 0.370 e. The number of nitrogens with zero attached hydrogens (tertiary/aromatic N) is 3. The second-order valence-corrected chi connectivity index (χ2v) is 6.40. The van der Waals surface area contributed by atoms with Crippen molar-refractivity contribution in [2.75, 3.05) is 17.2 Å². The van der Waals surface area contributed by atoms with Crippen molar-refractivity contribution in [2.45, 2.75) is 19.9 Å². The highest BCUT2D eigenvalue weighted by Gasteiger charge is 2.05. The zero-order valence-corrected chi connectivity index (χ0v) is 15.2. The summed E-state index contributed by atoms with van der Waals surface area (Å²) in [5.74, 6) is 2.35. The summed E-state index contributed by atoms with van der Waals surface area (Å²) in [5.41, 5.74) is 3.45. The molecule has 0 atom stereocenters. The number of rotatable bonds is 7. The fourth-order valence-corrected chi connectivity index (χ4v) is 3.10. The number of aryl methyl sites for hydroxylation is 1. The van der Waals surface area contributed by atoms with Crippen LogP contribution in [0.5, 0.6) is 0 Å². The van der Waals surface area contributed by atoms with Gasteiger partial charge in [0.25, 0.3) is 0 Å². The number of H-pyrrole nitrogens is 1. The Morgan fingerprint density at radius 1 is 0.963 bits per heavy atom. The van der Waals surface area contributed by atoms with Crippen molar-refractivity contribution >= 4 is 22.5 Å². The summed E-state index contributed by atoms with van der Waals surface area (Å²) in [7, 11) is 0. The monoisotopic (exact) mass is 358 g/mol. The molecule has 27 heavy (non-hydrogen) atoms. The summed E-state index contributed by atoms with van der Waals surface area (Å²) < 4.78 is 0. The summed E-state index contributed by atoms with van der Waals surface area (Å²) >= 11 is 0. The standard InChI is InChI=1S/C21H22N6/c1-15-26-20(12-21(27-15)25-14-17-6-4-5-10-22-17)23-11-9-16-13-24-19-8-3-2-7-18(16)19/h2-8,10,12-13,24H,9,11,14H2,1H3,(H2,23,25,26,27). The minimum absolute atomic E-state index is 0.631. The third kappa shape index (κ3) is 4.23. The van der Waals surface area contributed by atoms with Crippen molar-refractivity contribution in [2.24, 2.45) is 0 Å². The number of hydrogen-bond donors (Lipinski definition) is 3. The van der Waals surface area contributed by atoms with E-state index in [-0.39, 0.29) is 0 Å². The van der Waals surface area contributed by atoms with Crippen LogP contribution in [0.25, 0.3) is 10.9 Å². The van der Waals surface area contributed by atoms with Gasteiger partial charge in [-0.3, -0.25) is 4.98 Å². The van der Waals surface area contributed by atoms with Crippen LogP contribution in [-0.4, -0.2) is 26.5 Å². The Balaban J connectivity index is 1.38. The lowest BCUT2D eigenvalue weighted by molar-refractivity contribution is 0.970. The highest BCUT2D eigenvalue weighted by molar-refractivity contribution is 5.83. The highest BCUT2D eigenvalue weighted by atomic mass is 15.1. The van der Waals surface area contributed by atoms with E-state index in [4.69, 9.17) is 0 Å². The number of pyridine rings is 1. The first-order valence-corrected chi connectivity index (χ1v) is 9.06. The van der Waals surface area contributed by atoms with Gasteiger partial charge in [-0.05, 0) is 37.1 Å². The Morgan fingerprint density at radius 2 is 1.78 bits per heavy atom. The van der Waals surface area contributed by atoms with Gasteiger partial charge in [0.15, 0.2) is 0 Å². The average Bonchev–Trinajstić information content (AvgIpc) is 3.10. The fraction of sp³-hybridized carbons (Fsp3) is 0.190. The Hall–Kier alpha value is -3.41. The number of aromatic amines is 1. The van der Waals surface area contributed by atoms with Crippen LogP contribution in [0, 0.1) is 6.92 Å². The molecule has 4 rings (SSSR count). The fourth-order valence-electron chi connectivity index (χ4n) is 3.10. The second kappa shape index (κ2) is 7.86. The predicted octanol–water partition coefficient (Wildman–Crippen LogP) is 3.93. The second-order valence-electron chi connectivity index (χ2n) is 6.40. The minimum Gasteiger partial charge on any atom is -0.370 e. The molecule has 0 bridgehead atoms. The van der Waals surface area contributed by atoms with Gasteiger partial charge in [0.1, 0.15) is 17.5 Å². The number of anilines is 2. The van der Waals surface area contributed by atoms with Crippen LogP contribution in [0.4, 0.5) is 11.6 Å². The molecule has 0 saturated heterocycles. The molecule has 0 aliphatic carbocycles. The normalized spacial score (nSPS) is 10.9. The van der Waals surface area contributed by atoms with Crippen LogP contribution >= 0.6 is 0 Å². The van der Waals surface area contributed by atoms with E-state index in [0.29, 0.717) is 6.54 Å². The number of aromatic nitrogens is 4. The van der Waals surface area contributed by atoms with E-state index < -0.39 is 0 Å². The van der Waals surface area contributed by atoms with Crippen LogP contribution in [0.1, 0.15) is 17.1 Å². The average molecular weight is 358 g/mol. The quantitative estimate of drug-likeness (QED) is 0.466. The molecule has 3 aromatic heterocycles. The smallest absolute Gasteiger partial charge is 0.132 e. The maximum Gasteiger partial charge on any atom is 0.132 e. The maximum absolute atomic E-state index is 4.48.